The molecule has 0 N–H and O–H groups in total. The number of aromatic nitrogens is 2. The first kappa shape index (κ1) is 23.3. The van der Waals surface area contributed by atoms with Gasteiger partial charge in [-0.05, 0) is 49.7 Å². The van der Waals surface area contributed by atoms with Crippen LogP contribution in [-0.2, 0) is 17.9 Å². The summed E-state index contributed by atoms with van der Waals surface area (Å²) in [6, 6.07) is 12.2. The minimum absolute atomic E-state index is 0.0341. The van der Waals surface area contributed by atoms with Crippen molar-refractivity contribution in [3.05, 3.63) is 83.2 Å². The summed E-state index contributed by atoms with van der Waals surface area (Å²) in [5, 5.41) is 0.614. The number of imidazole rings is 1. The lowest BCUT2D eigenvalue weighted by Gasteiger charge is -2.44. The number of nitrogens with zero attached hydrogens (tertiary/aromatic N) is 4. The summed E-state index contributed by atoms with van der Waals surface area (Å²) in [6.45, 7) is 6.78. The Morgan fingerprint density at radius 3 is 2.64 bits per heavy atom. The second-order valence-corrected chi connectivity index (χ2v) is 9.01. The summed E-state index contributed by atoms with van der Waals surface area (Å²) in [7, 11) is 0. The Kier molecular flexibility index (Phi) is 7.30. The van der Waals surface area contributed by atoms with E-state index in [2.05, 4.69) is 16.8 Å². The molecule has 1 amide bonds. The molecule has 1 aliphatic heterocycles. The van der Waals surface area contributed by atoms with Crippen LogP contribution >= 0.6 is 11.6 Å². The van der Waals surface area contributed by atoms with Crippen molar-refractivity contribution in [1.82, 2.24) is 19.4 Å². The molecule has 0 aliphatic carbocycles. The van der Waals surface area contributed by atoms with E-state index >= 15 is 0 Å². The maximum absolute atomic E-state index is 13.2. The lowest BCUT2D eigenvalue weighted by Crippen LogP contribution is -2.58. The van der Waals surface area contributed by atoms with Crippen LogP contribution in [0.15, 0.2) is 61.2 Å². The molecule has 3 aromatic rings. The monoisotopic (exact) mass is 470 g/mol. The molecule has 0 saturated carbocycles. The molecular weight excluding hydrogens is 443 g/mol. The van der Waals surface area contributed by atoms with Crippen molar-refractivity contribution in [2.75, 3.05) is 19.7 Å². The van der Waals surface area contributed by atoms with Crippen LogP contribution in [0.2, 0.25) is 5.02 Å². The Labute approximate surface area is 198 Å². The highest BCUT2D eigenvalue weighted by atomic mass is 35.5. The zero-order chi connectivity index (χ0) is 23.4. The molecule has 6 nitrogen and oxygen atoms in total. The van der Waals surface area contributed by atoms with Crippen LogP contribution in [0.1, 0.15) is 25.0 Å². The predicted molar refractivity (Wildman–Crippen MR) is 126 cm³/mol. The van der Waals surface area contributed by atoms with Crippen LogP contribution in [-0.4, -0.2) is 57.0 Å². The van der Waals surface area contributed by atoms with Gasteiger partial charge in [-0.3, -0.25) is 9.69 Å². The molecule has 1 aromatic heterocycles. The second kappa shape index (κ2) is 10.4. The van der Waals surface area contributed by atoms with Gasteiger partial charge in [0.1, 0.15) is 11.6 Å². The van der Waals surface area contributed by atoms with Gasteiger partial charge in [0, 0.05) is 54.7 Å². The minimum Gasteiger partial charge on any atom is -0.483 e. The van der Waals surface area contributed by atoms with Gasteiger partial charge in [0.15, 0.2) is 6.61 Å². The fourth-order valence-electron chi connectivity index (χ4n) is 4.20. The minimum atomic E-state index is -0.232. The van der Waals surface area contributed by atoms with Crippen LogP contribution in [0.25, 0.3) is 0 Å². The highest BCUT2D eigenvalue weighted by Crippen LogP contribution is 2.25. The molecule has 0 bridgehead atoms. The van der Waals surface area contributed by atoms with Gasteiger partial charge >= 0.3 is 0 Å². The molecule has 1 aliphatic rings. The zero-order valence-corrected chi connectivity index (χ0v) is 19.6. The Morgan fingerprint density at radius 2 is 1.91 bits per heavy atom. The number of amides is 1. The van der Waals surface area contributed by atoms with E-state index in [1.54, 1.807) is 24.7 Å². The van der Waals surface area contributed by atoms with Gasteiger partial charge in [0.05, 0.1) is 12.9 Å². The Balaban J connectivity index is 1.36. The molecule has 174 valence electrons. The third-order valence-electron chi connectivity index (χ3n) is 6.02. The van der Waals surface area contributed by atoms with E-state index < -0.39 is 0 Å². The largest absolute Gasteiger partial charge is 0.483 e. The van der Waals surface area contributed by atoms with Gasteiger partial charge in [-0.15, -0.1) is 0 Å². The van der Waals surface area contributed by atoms with Gasteiger partial charge in [-0.2, -0.15) is 0 Å². The number of benzene rings is 2. The molecule has 0 radical (unpaired) electrons. The number of hydrogen-bond donors (Lipinski definition) is 0. The van der Waals surface area contributed by atoms with Crippen molar-refractivity contribution in [2.45, 2.75) is 39.0 Å². The molecule has 4 rings (SSSR count). The molecule has 1 fully saturated rings. The van der Waals surface area contributed by atoms with Crippen LogP contribution in [0.5, 0.6) is 5.75 Å². The van der Waals surface area contributed by atoms with E-state index in [1.165, 1.54) is 12.1 Å². The summed E-state index contributed by atoms with van der Waals surface area (Å²) in [5.41, 5.74) is 1.95. The van der Waals surface area contributed by atoms with Crippen molar-refractivity contribution >= 4 is 17.5 Å². The maximum Gasteiger partial charge on any atom is 0.260 e. The predicted octanol–water partition coefficient (Wildman–Crippen LogP) is 4.22. The summed E-state index contributed by atoms with van der Waals surface area (Å²) in [4.78, 5) is 21.3. The zero-order valence-electron chi connectivity index (χ0n) is 18.8. The molecule has 1 saturated heterocycles. The lowest BCUT2D eigenvalue weighted by atomic mass is 10.1. The van der Waals surface area contributed by atoms with Gasteiger partial charge in [-0.1, -0.05) is 23.7 Å². The first-order valence-corrected chi connectivity index (χ1v) is 11.4. The van der Waals surface area contributed by atoms with Gasteiger partial charge < -0.3 is 14.2 Å². The molecular formula is C25H28ClFN4O2. The van der Waals surface area contributed by atoms with Crippen molar-refractivity contribution < 1.29 is 13.9 Å². The number of carbonyl (C=O) groups excluding carboxylic acids is 1. The molecule has 8 heteroatoms. The third-order valence-corrected chi connectivity index (χ3v) is 6.26. The van der Waals surface area contributed by atoms with E-state index in [1.807, 2.05) is 40.8 Å². The quantitative estimate of drug-likeness (QED) is 0.518. The topological polar surface area (TPSA) is 50.6 Å². The van der Waals surface area contributed by atoms with Crippen molar-refractivity contribution in [3.63, 3.8) is 0 Å². The SMILES string of the molecule is C[C@@H]1CN(Cc2ccc(F)cc2)[C@@H](C)CN1C(=O)COc1ccc(Cl)cc1Cn1ccnc1. The highest BCUT2D eigenvalue weighted by Gasteiger charge is 2.32. The molecule has 0 spiro atoms. The fraction of sp³-hybridized carbons (Fsp3) is 0.360. The smallest absolute Gasteiger partial charge is 0.260 e. The van der Waals surface area contributed by atoms with Gasteiger partial charge in [0.2, 0.25) is 0 Å². The summed E-state index contributed by atoms with van der Waals surface area (Å²) in [6.07, 6.45) is 5.31. The summed E-state index contributed by atoms with van der Waals surface area (Å²) < 4.78 is 21.1. The standard InChI is InChI=1S/C25H28ClFN4O2/c1-18-13-31(19(2)12-30(18)14-20-3-6-23(27)7-4-20)25(32)16-33-24-8-5-22(26)11-21(24)15-29-10-9-28-17-29/h3-11,17-19H,12-16H2,1-2H3/t18-,19+/m0/s1. The summed E-state index contributed by atoms with van der Waals surface area (Å²) >= 11 is 6.18. The molecule has 2 atom stereocenters. The number of hydrogen-bond acceptors (Lipinski definition) is 4. The Bertz CT molecular complexity index is 1070. The average molecular weight is 471 g/mol. The molecule has 33 heavy (non-hydrogen) atoms. The van der Waals surface area contributed by atoms with E-state index in [9.17, 15) is 9.18 Å². The van der Waals surface area contributed by atoms with E-state index in [0.29, 0.717) is 23.9 Å². The van der Waals surface area contributed by atoms with Gasteiger partial charge in [-0.25, -0.2) is 9.37 Å². The summed E-state index contributed by atoms with van der Waals surface area (Å²) in [5.74, 6) is 0.362. The van der Waals surface area contributed by atoms with E-state index in [-0.39, 0.29) is 30.4 Å². The number of ether oxygens (including phenoxy) is 1. The Morgan fingerprint density at radius 1 is 1.12 bits per heavy atom. The van der Waals surface area contributed by atoms with E-state index in [4.69, 9.17) is 16.3 Å². The Hall–Kier alpha value is -2.90. The number of rotatable bonds is 7. The first-order chi connectivity index (χ1) is 15.9. The first-order valence-electron chi connectivity index (χ1n) is 11.0. The second-order valence-electron chi connectivity index (χ2n) is 8.58. The molecule has 2 aromatic carbocycles. The van der Waals surface area contributed by atoms with Crippen molar-refractivity contribution in [3.8, 4) is 5.75 Å². The fourth-order valence-corrected chi connectivity index (χ4v) is 4.40. The van der Waals surface area contributed by atoms with E-state index in [0.717, 1.165) is 24.2 Å². The van der Waals surface area contributed by atoms with Crippen LogP contribution in [0.4, 0.5) is 4.39 Å². The lowest BCUT2D eigenvalue weighted by molar-refractivity contribution is -0.139. The number of halogens is 2. The molecule has 0 unspecified atom stereocenters. The maximum atomic E-state index is 13.2. The average Bonchev–Trinajstić information content (AvgIpc) is 3.30. The van der Waals surface area contributed by atoms with Crippen LogP contribution in [0.3, 0.4) is 0 Å². The van der Waals surface area contributed by atoms with Crippen molar-refractivity contribution in [2.24, 2.45) is 0 Å². The third kappa shape index (κ3) is 5.92. The van der Waals surface area contributed by atoms with Crippen LogP contribution < -0.4 is 4.74 Å². The van der Waals surface area contributed by atoms with Gasteiger partial charge in [0.25, 0.3) is 5.91 Å². The van der Waals surface area contributed by atoms with Crippen molar-refractivity contribution in [1.29, 1.82) is 0 Å². The molecule has 2 heterocycles. The highest BCUT2D eigenvalue weighted by molar-refractivity contribution is 6.30. The normalized spacial score (nSPS) is 19.0. The number of piperazine rings is 1. The number of carbonyl (C=O) groups is 1. The van der Waals surface area contributed by atoms with Crippen LogP contribution in [0, 0.1) is 5.82 Å².